The van der Waals surface area contributed by atoms with Crippen molar-refractivity contribution in [1.82, 2.24) is 14.3 Å². The number of aromatic nitrogens is 3. The first-order valence-corrected chi connectivity index (χ1v) is 10.7. The lowest BCUT2D eigenvalue weighted by Gasteiger charge is -2.19. The fourth-order valence-corrected chi connectivity index (χ4v) is 4.14. The Morgan fingerprint density at radius 2 is 1.67 bits per heavy atom. The van der Waals surface area contributed by atoms with Crippen LogP contribution in [0.3, 0.4) is 0 Å². The number of aryl methyl sites for hydroxylation is 1. The number of fused-ring (bicyclic) bond motifs is 3. The first-order chi connectivity index (χ1) is 15.5. The summed E-state index contributed by atoms with van der Waals surface area (Å²) in [4.78, 5) is 42.9. The average Bonchev–Trinajstić information content (AvgIpc) is 2.97. The largest absolute Gasteiger partial charge is 0.442 e. The van der Waals surface area contributed by atoms with Crippen molar-refractivity contribution in [3.8, 4) is 0 Å². The minimum atomic E-state index is -0.794. The number of hydrogen-bond acceptors (Lipinski definition) is 5. The number of anilines is 1. The molecule has 2 heterocycles. The number of halogens is 2. The number of nitrogens with zero attached hydrogens (tertiary/aromatic N) is 3. The smallest absolute Gasteiger partial charge is 0.436 e. The van der Waals surface area contributed by atoms with Crippen LogP contribution >= 0.6 is 23.2 Å². The van der Waals surface area contributed by atoms with Crippen molar-refractivity contribution in [3.63, 3.8) is 0 Å². The summed E-state index contributed by atoms with van der Waals surface area (Å²) in [5, 5.41) is 4.03. The summed E-state index contributed by atoms with van der Waals surface area (Å²) in [7, 11) is 1.59. The van der Waals surface area contributed by atoms with Gasteiger partial charge in [0, 0.05) is 18.6 Å². The number of carbonyl (C=O) groups is 2. The van der Waals surface area contributed by atoms with Crippen LogP contribution in [0.15, 0.2) is 47.4 Å². The first-order valence-electron chi connectivity index (χ1n) is 9.98. The lowest BCUT2D eigenvalue weighted by Crippen LogP contribution is -2.35. The Labute approximate surface area is 198 Å². The second-order valence-electron chi connectivity index (χ2n) is 8.39. The second-order valence-corrected chi connectivity index (χ2v) is 9.21. The van der Waals surface area contributed by atoms with E-state index in [0.717, 1.165) is 4.68 Å². The van der Waals surface area contributed by atoms with Gasteiger partial charge >= 0.3 is 6.09 Å². The molecule has 0 fully saturated rings. The summed E-state index contributed by atoms with van der Waals surface area (Å²) < 4.78 is 7.72. The number of carbonyl (C=O) groups excluding carboxylic acids is 2. The van der Waals surface area contributed by atoms with Gasteiger partial charge in [-0.25, -0.2) is 4.79 Å². The lowest BCUT2D eigenvalue weighted by atomic mass is 10.1. The normalized spacial score (nSPS) is 11.7. The molecule has 2 aromatic heterocycles. The van der Waals surface area contributed by atoms with E-state index in [2.05, 4.69) is 10.3 Å². The van der Waals surface area contributed by atoms with Crippen LogP contribution in [0.4, 0.5) is 10.5 Å². The highest BCUT2D eigenvalue weighted by Crippen LogP contribution is 2.30. The molecule has 0 unspecified atom stereocenters. The molecule has 1 N–H and O–H groups in total. The van der Waals surface area contributed by atoms with Crippen LogP contribution in [0, 0.1) is 0 Å². The lowest BCUT2D eigenvalue weighted by molar-refractivity contribution is 0.0491. The molecule has 8 nitrogen and oxygen atoms in total. The van der Waals surface area contributed by atoms with Crippen molar-refractivity contribution in [2.75, 3.05) is 5.32 Å². The van der Waals surface area contributed by atoms with Crippen LogP contribution in [0.2, 0.25) is 10.0 Å². The van der Waals surface area contributed by atoms with Crippen LogP contribution in [-0.4, -0.2) is 31.9 Å². The van der Waals surface area contributed by atoms with Gasteiger partial charge in [-0.3, -0.25) is 19.3 Å². The molecule has 0 aliphatic rings. The maximum atomic E-state index is 12.9. The summed E-state index contributed by atoms with van der Waals surface area (Å²) in [6, 6.07) is 9.93. The van der Waals surface area contributed by atoms with Crippen molar-refractivity contribution in [3.05, 3.63) is 68.6 Å². The van der Waals surface area contributed by atoms with Gasteiger partial charge in [-0.05, 0) is 39.0 Å². The highest BCUT2D eigenvalue weighted by Gasteiger charge is 2.25. The fourth-order valence-electron chi connectivity index (χ4n) is 3.58. The molecular weight excluding hydrogens is 467 g/mol. The molecule has 0 aliphatic carbocycles. The molecule has 4 aromatic rings. The maximum Gasteiger partial charge on any atom is 0.436 e. The molecular formula is C23H20Cl2N4O4. The monoisotopic (exact) mass is 486 g/mol. The molecule has 33 heavy (non-hydrogen) atoms. The summed E-state index contributed by atoms with van der Waals surface area (Å²) in [6.45, 7) is 5.15. The third-order valence-corrected chi connectivity index (χ3v) is 5.55. The number of ether oxygens (including phenoxy) is 1. The van der Waals surface area contributed by atoms with Crippen molar-refractivity contribution in [2.24, 2.45) is 7.05 Å². The Morgan fingerprint density at radius 3 is 2.30 bits per heavy atom. The molecule has 170 valence electrons. The molecule has 4 rings (SSSR count). The van der Waals surface area contributed by atoms with Gasteiger partial charge in [-0.1, -0.05) is 41.4 Å². The topological polar surface area (TPSA) is 95.2 Å². The number of pyridine rings is 1. The summed E-state index contributed by atoms with van der Waals surface area (Å²) in [5.41, 5.74) is 0.120. The zero-order valence-electron chi connectivity index (χ0n) is 18.3. The number of para-hydroxylation sites is 1. The standard InChI is InChI=1S/C23H20Cl2N4O4/c1-23(2,3)33-22(32)29-21(31)13-11-26-18-12(19(13)28(29)4)7-5-10-16(18)27-20(30)17-14(24)8-6-9-15(17)25/h5-11H,1-4H3,(H,27,30). The molecule has 1 amide bonds. The zero-order chi connectivity index (χ0) is 24.1. The molecule has 0 spiro atoms. The summed E-state index contributed by atoms with van der Waals surface area (Å²) in [5.74, 6) is -0.500. The maximum absolute atomic E-state index is 12.9. The Hall–Kier alpha value is -3.36. The van der Waals surface area contributed by atoms with E-state index in [-0.39, 0.29) is 21.0 Å². The van der Waals surface area contributed by atoms with Gasteiger partial charge in [0.1, 0.15) is 5.60 Å². The zero-order valence-corrected chi connectivity index (χ0v) is 19.8. The number of benzene rings is 2. The average molecular weight is 487 g/mol. The third kappa shape index (κ3) is 4.07. The highest BCUT2D eigenvalue weighted by molar-refractivity contribution is 6.40. The molecule has 0 radical (unpaired) electrons. The predicted molar refractivity (Wildman–Crippen MR) is 129 cm³/mol. The first kappa shape index (κ1) is 22.8. The number of amides is 1. The van der Waals surface area contributed by atoms with E-state index in [9.17, 15) is 14.4 Å². The van der Waals surface area contributed by atoms with Gasteiger partial charge < -0.3 is 10.1 Å². The molecule has 0 saturated carbocycles. The van der Waals surface area contributed by atoms with E-state index >= 15 is 0 Å². The summed E-state index contributed by atoms with van der Waals surface area (Å²) >= 11 is 12.3. The molecule has 2 aromatic carbocycles. The van der Waals surface area contributed by atoms with Gasteiger partial charge in [0.15, 0.2) is 0 Å². The van der Waals surface area contributed by atoms with Gasteiger partial charge in [0.2, 0.25) is 0 Å². The molecule has 0 atom stereocenters. The minimum Gasteiger partial charge on any atom is -0.442 e. The Bertz CT molecular complexity index is 1480. The molecule has 0 bridgehead atoms. The van der Waals surface area contributed by atoms with E-state index in [1.807, 2.05) is 0 Å². The van der Waals surface area contributed by atoms with Crippen LogP contribution < -0.4 is 10.9 Å². The molecule has 10 heteroatoms. The van der Waals surface area contributed by atoms with E-state index in [0.29, 0.717) is 22.1 Å². The van der Waals surface area contributed by atoms with Crippen molar-refractivity contribution < 1.29 is 14.3 Å². The van der Waals surface area contributed by atoms with E-state index in [4.69, 9.17) is 27.9 Å². The van der Waals surface area contributed by atoms with Gasteiger partial charge in [-0.2, -0.15) is 0 Å². The van der Waals surface area contributed by atoms with E-state index < -0.39 is 23.2 Å². The van der Waals surface area contributed by atoms with Gasteiger partial charge in [0.05, 0.1) is 37.7 Å². The SMILES string of the molecule is Cn1c2c(cnc3c(NC(=O)c4c(Cl)cccc4Cl)cccc32)c(=O)n1C(=O)OC(C)(C)C. The van der Waals surface area contributed by atoms with E-state index in [1.165, 1.54) is 10.9 Å². The van der Waals surface area contributed by atoms with Crippen LogP contribution in [0.5, 0.6) is 0 Å². The van der Waals surface area contributed by atoms with Crippen LogP contribution in [-0.2, 0) is 11.8 Å². The number of hydrogen-bond donors (Lipinski definition) is 1. The molecule has 0 saturated heterocycles. The van der Waals surface area contributed by atoms with Gasteiger partial charge in [-0.15, -0.1) is 4.68 Å². The molecule has 0 aliphatic heterocycles. The van der Waals surface area contributed by atoms with Crippen LogP contribution in [0.1, 0.15) is 31.1 Å². The number of rotatable bonds is 2. The Morgan fingerprint density at radius 1 is 1.03 bits per heavy atom. The Kier molecular flexibility index (Phi) is 5.67. The fraction of sp³-hybridized carbons (Fsp3) is 0.217. The predicted octanol–water partition coefficient (Wildman–Crippen LogP) is 5.23. The van der Waals surface area contributed by atoms with Crippen molar-refractivity contribution >= 4 is 62.7 Å². The highest BCUT2D eigenvalue weighted by atomic mass is 35.5. The third-order valence-electron chi connectivity index (χ3n) is 4.92. The van der Waals surface area contributed by atoms with Crippen LogP contribution in [0.25, 0.3) is 21.8 Å². The Balaban J connectivity index is 1.85. The quantitative estimate of drug-likeness (QED) is 0.418. The minimum absolute atomic E-state index is 0.141. The van der Waals surface area contributed by atoms with Gasteiger partial charge in [0.25, 0.3) is 11.5 Å². The van der Waals surface area contributed by atoms with Crippen molar-refractivity contribution in [2.45, 2.75) is 26.4 Å². The number of nitrogens with one attached hydrogen (secondary N) is 1. The van der Waals surface area contributed by atoms with E-state index in [1.54, 1.807) is 64.2 Å². The second kappa shape index (κ2) is 8.20. The van der Waals surface area contributed by atoms with Crippen molar-refractivity contribution in [1.29, 1.82) is 0 Å². The summed E-state index contributed by atoms with van der Waals surface area (Å²) in [6.07, 6.45) is 0.580.